The zero-order valence-corrected chi connectivity index (χ0v) is 8.25. The van der Waals surface area contributed by atoms with Crippen LogP contribution in [0.25, 0.3) is 0 Å². The minimum Gasteiger partial charge on any atom is -0.304 e. The SMILES string of the molecule is CN1CCN(S(=O)(=O)NC=O)CC1. The van der Waals surface area contributed by atoms with E-state index in [9.17, 15) is 13.2 Å². The maximum absolute atomic E-state index is 11.3. The van der Waals surface area contributed by atoms with Crippen molar-refractivity contribution in [3.63, 3.8) is 0 Å². The molecule has 0 unspecified atom stereocenters. The molecule has 76 valence electrons. The van der Waals surface area contributed by atoms with Gasteiger partial charge in [0.05, 0.1) is 0 Å². The summed E-state index contributed by atoms with van der Waals surface area (Å²) >= 11 is 0. The third-order valence-corrected chi connectivity index (χ3v) is 3.44. The van der Waals surface area contributed by atoms with E-state index >= 15 is 0 Å². The van der Waals surface area contributed by atoms with Gasteiger partial charge < -0.3 is 4.90 Å². The van der Waals surface area contributed by atoms with E-state index in [0.29, 0.717) is 26.2 Å². The molecule has 7 heteroatoms. The third kappa shape index (κ3) is 2.64. The van der Waals surface area contributed by atoms with Crippen LogP contribution < -0.4 is 4.72 Å². The molecule has 1 saturated heterocycles. The van der Waals surface area contributed by atoms with Crippen molar-refractivity contribution in [1.82, 2.24) is 13.9 Å². The molecule has 0 aromatic heterocycles. The molecule has 1 fully saturated rings. The number of amides is 1. The fraction of sp³-hybridized carbons (Fsp3) is 0.833. The van der Waals surface area contributed by atoms with Crippen LogP contribution in [0.15, 0.2) is 0 Å². The molecule has 1 N–H and O–H groups in total. The monoisotopic (exact) mass is 207 g/mol. The van der Waals surface area contributed by atoms with Gasteiger partial charge in [-0.25, -0.2) is 4.72 Å². The van der Waals surface area contributed by atoms with Crippen molar-refractivity contribution in [2.24, 2.45) is 0 Å². The number of nitrogens with zero attached hydrogens (tertiary/aromatic N) is 2. The van der Waals surface area contributed by atoms with E-state index < -0.39 is 10.2 Å². The van der Waals surface area contributed by atoms with E-state index in [1.54, 1.807) is 4.72 Å². The molecule has 13 heavy (non-hydrogen) atoms. The van der Waals surface area contributed by atoms with Crippen LogP contribution in [0.3, 0.4) is 0 Å². The number of rotatable bonds is 3. The molecule has 0 aliphatic carbocycles. The minimum absolute atomic E-state index is 0.188. The molecule has 0 aromatic rings. The van der Waals surface area contributed by atoms with Gasteiger partial charge in [0.1, 0.15) is 0 Å². The number of hydrogen-bond acceptors (Lipinski definition) is 4. The molecule has 0 aromatic carbocycles. The Balaban J connectivity index is 2.58. The van der Waals surface area contributed by atoms with Crippen molar-refractivity contribution in [3.05, 3.63) is 0 Å². The summed E-state index contributed by atoms with van der Waals surface area (Å²) in [5.41, 5.74) is 0. The highest BCUT2D eigenvalue weighted by atomic mass is 32.2. The van der Waals surface area contributed by atoms with Crippen LogP contribution in [0, 0.1) is 0 Å². The number of carbonyl (C=O) groups is 1. The van der Waals surface area contributed by atoms with Crippen molar-refractivity contribution < 1.29 is 13.2 Å². The minimum atomic E-state index is -3.57. The van der Waals surface area contributed by atoms with Gasteiger partial charge in [0.2, 0.25) is 6.41 Å². The van der Waals surface area contributed by atoms with Crippen LogP contribution in [-0.2, 0) is 15.0 Å². The van der Waals surface area contributed by atoms with Crippen LogP contribution in [0.5, 0.6) is 0 Å². The molecule has 0 spiro atoms. The van der Waals surface area contributed by atoms with Crippen LogP contribution in [0.1, 0.15) is 0 Å². The maximum Gasteiger partial charge on any atom is 0.303 e. The fourth-order valence-corrected chi connectivity index (χ4v) is 2.08. The molecule has 1 rings (SSSR count). The largest absolute Gasteiger partial charge is 0.304 e. The first kappa shape index (κ1) is 10.4. The van der Waals surface area contributed by atoms with Gasteiger partial charge in [-0.3, -0.25) is 4.79 Å². The summed E-state index contributed by atoms with van der Waals surface area (Å²) in [6.07, 6.45) is 0.188. The summed E-state index contributed by atoms with van der Waals surface area (Å²) in [6, 6.07) is 0. The first-order chi connectivity index (χ1) is 6.06. The summed E-state index contributed by atoms with van der Waals surface area (Å²) < 4.78 is 25.6. The summed E-state index contributed by atoms with van der Waals surface area (Å²) in [7, 11) is -1.64. The van der Waals surface area contributed by atoms with Crippen LogP contribution in [0.2, 0.25) is 0 Å². The van der Waals surface area contributed by atoms with Gasteiger partial charge in [0.15, 0.2) is 0 Å². The number of nitrogens with one attached hydrogen (secondary N) is 1. The molecular formula is C6H13N3O3S. The molecule has 1 aliphatic rings. The standard InChI is InChI=1S/C6H13N3O3S/c1-8-2-4-9(5-3-8)13(11,12)7-6-10/h6H,2-5H2,1H3,(H,7,10). The second kappa shape index (κ2) is 4.03. The molecule has 1 amide bonds. The smallest absolute Gasteiger partial charge is 0.303 e. The average Bonchev–Trinajstić information content (AvgIpc) is 2.05. The lowest BCUT2D eigenvalue weighted by Crippen LogP contribution is -2.50. The van der Waals surface area contributed by atoms with Crippen molar-refractivity contribution >= 4 is 16.6 Å². The van der Waals surface area contributed by atoms with E-state index in [1.807, 2.05) is 11.9 Å². The number of piperazine rings is 1. The van der Waals surface area contributed by atoms with Crippen molar-refractivity contribution in [2.75, 3.05) is 33.2 Å². The second-order valence-electron chi connectivity index (χ2n) is 2.94. The predicted molar refractivity (Wildman–Crippen MR) is 47.2 cm³/mol. The van der Waals surface area contributed by atoms with Gasteiger partial charge in [-0.2, -0.15) is 12.7 Å². The van der Waals surface area contributed by atoms with Gasteiger partial charge >= 0.3 is 10.2 Å². The molecule has 0 bridgehead atoms. The Morgan fingerprint density at radius 3 is 2.23 bits per heavy atom. The first-order valence-electron chi connectivity index (χ1n) is 3.96. The second-order valence-corrected chi connectivity index (χ2v) is 4.65. The lowest BCUT2D eigenvalue weighted by Gasteiger charge is -2.30. The number of hydrogen-bond donors (Lipinski definition) is 1. The van der Waals surface area contributed by atoms with Crippen molar-refractivity contribution in [1.29, 1.82) is 0 Å². The van der Waals surface area contributed by atoms with Crippen LogP contribution >= 0.6 is 0 Å². The molecular weight excluding hydrogens is 194 g/mol. The lowest BCUT2D eigenvalue weighted by molar-refractivity contribution is -0.108. The van der Waals surface area contributed by atoms with Crippen LogP contribution in [-0.4, -0.2) is 57.3 Å². The summed E-state index contributed by atoms with van der Waals surface area (Å²) in [4.78, 5) is 12.0. The van der Waals surface area contributed by atoms with Crippen molar-refractivity contribution in [2.45, 2.75) is 0 Å². The van der Waals surface area contributed by atoms with Crippen molar-refractivity contribution in [3.8, 4) is 0 Å². The molecule has 6 nitrogen and oxygen atoms in total. The van der Waals surface area contributed by atoms with Gasteiger partial charge in [-0.05, 0) is 7.05 Å². The van der Waals surface area contributed by atoms with Gasteiger partial charge in [0, 0.05) is 26.2 Å². The number of carbonyl (C=O) groups excluding carboxylic acids is 1. The van der Waals surface area contributed by atoms with Gasteiger partial charge in [-0.15, -0.1) is 0 Å². The van der Waals surface area contributed by atoms with Crippen LogP contribution in [0.4, 0.5) is 0 Å². The highest BCUT2D eigenvalue weighted by Crippen LogP contribution is 2.03. The molecule has 1 aliphatic heterocycles. The van der Waals surface area contributed by atoms with E-state index in [4.69, 9.17) is 0 Å². The lowest BCUT2D eigenvalue weighted by atomic mass is 10.4. The quantitative estimate of drug-likeness (QED) is 0.556. The molecule has 1 heterocycles. The zero-order chi connectivity index (χ0) is 9.90. The Morgan fingerprint density at radius 1 is 1.23 bits per heavy atom. The summed E-state index contributed by atoms with van der Waals surface area (Å²) in [5.74, 6) is 0. The molecule has 0 saturated carbocycles. The Bertz CT molecular complexity index is 269. The average molecular weight is 207 g/mol. The van der Waals surface area contributed by atoms with E-state index in [1.165, 1.54) is 4.31 Å². The molecule has 0 atom stereocenters. The van der Waals surface area contributed by atoms with Gasteiger partial charge in [-0.1, -0.05) is 0 Å². The normalized spacial score (nSPS) is 21.3. The topological polar surface area (TPSA) is 69.7 Å². The fourth-order valence-electron chi connectivity index (χ4n) is 1.16. The highest BCUT2D eigenvalue weighted by Gasteiger charge is 2.24. The number of likely N-dealkylation sites (N-methyl/N-ethyl adjacent to an activating group) is 1. The van der Waals surface area contributed by atoms with E-state index in [0.717, 1.165) is 0 Å². The summed E-state index contributed by atoms with van der Waals surface area (Å²) in [6.45, 7) is 2.25. The predicted octanol–water partition coefficient (Wildman–Crippen LogP) is -1.78. The van der Waals surface area contributed by atoms with E-state index in [-0.39, 0.29) is 6.41 Å². The Labute approximate surface area is 77.7 Å². The Kier molecular flexibility index (Phi) is 3.23. The van der Waals surface area contributed by atoms with Gasteiger partial charge in [0.25, 0.3) is 0 Å². The highest BCUT2D eigenvalue weighted by molar-refractivity contribution is 7.87. The Hall–Kier alpha value is -0.660. The molecule has 0 radical (unpaired) electrons. The third-order valence-electron chi connectivity index (χ3n) is 2.00. The Morgan fingerprint density at radius 2 is 1.77 bits per heavy atom. The zero-order valence-electron chi connectivity index (χ0n) is 7.43. The first-order valence-corrected chi connectivity index (χ1v) is 5.40. The van der Waals surface area contributed by atoms with E-state index in [2.05, 4.69) is 0 Å². The summed E-state index contributed by atoms with van der Waals surface area (Å²) in [5, 5.41) is 0. The maximum atomic E-state index is 11.3.